The third-order valence-electron chi connectivity index (χ3n) is 4.14. The molecule has 0 saturated carbocycles. The first-order chi connectivity index (χ1) is 9.41. The van der Waals surface area contributed by atoms with Gasteiger partial charge in [-0.1, -0.05) is 24.6 Å². The fourth-order valence-corrected chi connectivity index (χ4v) is 2.66. The molecule has 1 heterocycles. The van der Waals surface area contributed by atoms with Crippen molar-refractivity contribution in [3.05, 3.63) is 28.8 Å². The highest BCUT2D eigenvalue weighted by Crippen LogP contribution is 2.30. The molecule has 1 amide bonds. The van der Waals surface area contributed by atoms with Gasteiger partial charge < -0.3 is 16.0 Å². The summed E-state index contributed by atoms with van der Waals surface area (Å²) in [4.78, 5) is 14.5. The summed E-state index contributed by atoms with van der Waals surface area (Å²) >= 11 is 6.07. The van der Waals surface area contributed by atoms with Gasteiger partial charge >= 0.3 is 0 Å². The molecule has 0 spiro atoms. The molecule has 1 saturated heterocycles. The maximum Gasteiger partial charge on any atom is 0.252 e. The number of halogens is 1. The number of nitrogens with one attached hydrogen (secondary N) is 1. The van der Waals surface area contributed by atoms with Gasteiger partial charge in [0, 0.05) is 6.54 Å². The Labute approximate surface area is 125 Å². The van der Waals surface area contributed by atoms with E-state index in [1.54, 1.807) is 18.2 Å². The van der Waals surface area contributed by atoms with Gasteiger partial charge in [-0.25, -0.2) is 0 Å². The van der Waals surface area contributed by atoms with Gasteiger partial charge in [0.1, 0.15) is 0 Å². The standard InChI is InChI=1S/C15H22ClN3O/c1-15(6-8-19(2)9-7-15)10-18-14(20)11-4-3-5-12(17)13(11)16/h3-5H,6-10,17H2,1-2H3,(H,18,20). The van der Waals surface area contributed by atoms with E-state index in [2.05, 4.69) is 24.2 Å². The van der Waals surface area contributed by atoms with E-state index in [1.807, 2.05) is 0 Å². The number of carbonyl (C=O) groups is 1. The first-order valence-electron chi connectivity index (χ1n) is 6.92. The van der Waals surface area contributed by atoms with E-state index in [-0.39, 0.29) is 11.3 Å². The number of nitrogens with zero attached hydrogens (tertiary/aromatic N) is 1. The highest BCUT2D eigenvalue weighted by atomic mass is 35.5. The van der Waals surface area contributed by atoms with Crippen molar-refractivity contribution in [3.63, 3.8) is 0 Å². The predicted molar refractivity (Wildman–Crippen MR) is 83.0 cm³/mol. The zero-order valence-corrected chi connectivity index (χ0v) is 12.8. The molecule has 110 valence electrons. The maximum atomic E-state index is 12.2. The highest BCUT2D eigenvalue weighted by molar-refractivity contribution is 6.36. The van der Waals surface area contributed by atoms with Crippen molar-refractivity contribution in [1.29, 1.82) is 0 Å². The van der Waals surface area contributed by atoms with Crippen LogP contribution in [0, 0.1) is 5.41 Å². The average molecular weight is 296 g/mol. The molecule has 0 atom stereocenters. The fourth-order valence-electron chi connectivity index (χ4n) is 2.45. The SMILES string of the molecule is CN1CCC(C)(CNC(=O)c2cccc(N)c2Cl)CC1. The Bertz CT molecular complexity index is 496. The van der Waals surface area contributed by atoms with Crippen molar-refractivity contribution < 1.29 is 4.79 Å². The van der Waals surface area contributed by atoms with Crippen molar-refractivity contribution >= 4 is 23.2 Å². The highest BCUT2D eigenvalue weighted by Gasteiger charge is 2.29. The average Bonchev–Trinajstić information content (AvgIpc) is 2.43. The Hall–Kier alpha value is -1.26. The van der Waals surface area contributed by atoms with Crippen molar-refractivity contribution in [1.82, 2.24) is 10.2 Å². The summed E-state index contributed by atoms with van der Waals surface area (Å²) in [5.74, 6) is -0.151. The van der Waals surface area contributed by atoms with E-state index in [4.69, 9.17) is 17.3 Å². The van der Waals surface area contributed by atoms with E-state index in [9.17, 15) is 4.79 Å². The molecule has 0 bridgehead atoms. The van der Waals surface area contributed by atoms with Crippen LogP contribution >= 0.6 is 11.6 Å². The summed E-state index contributed by atoms with van der Waals surface area (Å²) in [6.07, 6.45) is 2.18. The minimum atomic E-state index is -0.151. The second-order valence-electron chi connectivity index (χ2n) is 6.01. The number of benzene rings is 1. The fraction of sp³-hybridized carbons (Fsp3) is 0.533. The van der Waals surface area contributed by atoms with E-state index in [0.29, 0.717) is 22.8 Å². The van der Waals surface area contributed by atoms with E-state index >= 15 is 0 Å². The monoisotopic (exact) mass is 295 g/mol. The second kappa shape index (κ2) is 6.02. The van der Waals surface area contributed by atoms with Crippen LogP contribution in [0.25, 0.3) is 0 Å². The zero-order chi connectivity index (χ0) is 14.8. The summed E-state index contributed by atoms with van der Waals surface area (Å²) in [6, 6.07) is 5.13. The number of likely N-dealkylation sites (tertiary alicyclic amines) is 1. The molecule has 20 heavy (non-hydrogen) atoms. The molecule has 0 aromatic heterocycles. The van der Waals surface area contributed by atoms with E-state index < -0.39 is 0 Å². The van der Waals surface area contributed by atoms with Gasteiger partial charge in [0.25, 0.3) is 5.91 Å². The molecule has 0 unspecified atom stereocenters. The first kappa shape index (κ1) is 15.1. The van der Waals surface area contributed by atoms with Gasteiger partial charge in [-0.15, -0.1) is 0 Å². The third-order valence-corrected chi connectivity index (χ3v) is 4.56. The summed E-state index contributed by atoms with van der Waals surface area (Å²) in [7, 11) is 2.13. The van der Waals surface area contributed by atoms with Crippen molar-refractivity contribution in [2.45, 2.75) is 19.8 Å². The number of piperidine rings is 1. The van der Waals surface area contributed by atoms with Gasteiger partial charge in [0.05, 0.1) is 16.3 Å². The van der Waals surface area contributed by atoms with E-state index in [0.717, 1.165) is 25.9 Å². The third kappa shape index (κ3) is 3.44. The number of nitrogen functional groups attached to an aromatic ring is 1. The number of amides is 1. The van der Waals surface area contributed by atoms with Gasteiger partial charge in [0.15, 0.2) is 0 Å². The van der Waals surface area contributed by atoms with Crippen LogP contribution in [-0.4, -0.2) is 37.5 Å². The largest absolute Gasteiger partial charge is 0.398 e. The van der Waals surface area contributed by atoms with Crippen molar-refractivity contribution in [3.8, 4) is 0 Å². The molecule has 1 aromatic carbocycles. The van der Waals surface area contributed by atoms with Gasteiger partial charge in [-0.05, 0) is 50.5 Å². The lowest BCUT2D eigenvalue weighted by atomic mass is 9.80. The molecule has 2 rings (SSSR count). The van der Waals surface area contributed by atoms with Crippen LogP contribution in [0.5, 0.6) is 0 Å². The molecule has 1 aliphatic heterocycles. The number of rotatable bonds is 3. The molecular formula is C15H22ClN3O. The summed E-state index contributed by atoms with van der Waals surface area (Å²) in [5, 5.41) is 3.33. The molecule has 4 nitrogen and oxygen atoms in total. The van der Waals surface area contributed by atoms with Crippen LogP contribution < -0.4 is 11.1 Å². The minimum Gasteiger partial charge on any atom is -0.398 e. The number of hydrogen-bond donors (Lipinski definition) is 2. The second-order valence-corrected chi connectivity index (χ2v) is 6.38. The Morgan fingerprint density at radius 2 is 2.10 bits per heavy atom. The number of carbonyl (C=O) groups excluding carboxylic acids is 1. The summed E-state index contributed by atoms with van der Waals surface area (Å²) < 4.78 is 0. The number of nitrogens with two attached hydrogens (primary N) is 1. The predicted octanol–water partition coefficient (Wildman–Crippen LogP) is 2.38. The Kier molecular flexibility index (Phi) is 4.55. The van der Waals surface area contributed by atoms with Crippen molar-refractivity contribution in [2.24, 2.45) is 5.41 Å². The Balaban J connectivity index is 1.97. The maximum absolute atomic E-state index is 12.2. The van der Waals surface area contributed by atoms with Crippen LogP contribution in [0.4, 0.5) is 5.69 Å². The lowest BCUT2D eigenvalue weighted by Crippen LogP contribution is -2.43. The summed E-state index contributed by atoms with van der Waals surface area (Å²) in [5.41, 5.74) is 6.77. The van der Waals surface area contributed by atoms with Crippen LogP contribution in [0.15, 0.2) is 18.2 Å². The topological polar surface area (TPSA) is 58.4 Å². The quantitative estimate of drug-likeness (QED) is 0.842. The van der Waals surface area contributed by atoms with Gasteiger partial charge in [-0.2, -0.15) is 0 Å². The normalized spacial score (nSPS) is 18.8. The molecule has 1 aromatic rings. The Morgan fingerprint density at radius 3 is 2.75 bits per heavy atom. The molecule has 5 heteroatoms. The first-order valence-corrected chi connectivity index (χ1v) is 7.30. The van der Waals surface area contributed by atoms with E-state index in [1.165, 1.54) is 0 Å². The lowest BCUT2D eigenvalue weighted by Gasteiger charge is -2.38. The van der Waals surface area contributed by atoms with Crippen LogP contribution in [0.3, 0.4) is 0 Å². The van der Waals surface area contributed by atoms with Crippen molar-refractivity contribution in [2.75, 3.05) is 32.4 Å². The molecule has 1 fully saturated rings. The molecule has 1 aliphatic rings. The Morgan fingerprint density at radius 1 is 1.45 bits per heavy atom. The number of anilines is 1. The van der Waals surface area contributed by atoms with Crippen LogP contribution in [0.2, 0.25) is 5.02 Å². The van der Waals surface area contributed by atoms with Gasteiger partial charge in [0.2, 0.25) is 0 Å². The van der Waals surface area contributed by atoms with Gasteiger partial charge in [-0.3, -0.25) is 4.79 Å². The molecule has 0 aliphatic carbocycles. The number of hydrogen-bond acceptors (Lipinski definition) is 3. The minimum absolute atomic E-state index is 0.151. The zero-order valence-electron chi connectivity index (χ0n) is 12.1. The lowest BCUT2D eigenvalue weighted by molar-refractivity contribution is 0.0892. The van der Waals surface area contributed by atoms with Crippen LogP contribution in [-0.2, 0) is 0 Å². The molecular weight excluding hydrogens is 274 g/mol. The molecule has 0 radical (unpaired) electrons. The summed E-state index contributed by atoms with van der Waals surface area (Å²) in [6.45, 7) is 5.04. The smallest absolute Gasteiger partial charge is 0.252 e. The van der Waals surface area contributed by atoms with Crippen LogP contribution in [0.1, 0.15) is 30.1 Å². The molecule has 3 N–H and O–H groups in total.